The summed E-state index contributed by atoms with van der Waals surface area (Å²) in [5.41, 5.74) is 3.41. The lowest BCUT2D eigenvalue weighted by Crippen LogP contribution is -2.05. The maximum Gasteiger partial charge on any atom is 0.132 e. The molecule has 1 heterocycles. The molecule has 0 radical (unpaired) electrons. The molecule has 0 bridgehead atoms. The van der Waals surface area contributed by atoms with E-state index in [2.05, 4.69) is 39.7 Å². The number of halogens is 2. The van der Waals surface area contributed by atoms with Crippen molar-refractivity contribution in [3.63, 3.8) is 0 Å². The average Bonchev–Trinajstić information content (AvgIpc) is 2.38. The van der Waals surface area contributed by atoms with Crippen LogP contribution < -0.4 is 0 Å². The normalized spacial score (nSPS) is 11.0. The lowest BCUT2D eigenvalue weighted by atomic mass is 10.1. The summed E-state index contributed by atoms with van der Waals surface area (Å²) in [6.45, 7) is 4.30. The molecule has 0 aliphatic rings. The smallest absolute Gasteiger partial charge is 0.132 e. The second-order valence-corrected chi connectivity index (χ2v) is 5.79. The molecule has 4 heteroatoms. The number of aromatic nitrogens is 2. The molecule has 0 aliphatic heterocycles. The van der Waals surface area contributed by atoms with Gasteiger partial charge < -0.3 is 0 Å². The maximum absolute atomic E-state index is 5.99. The van der Waals surface area contributed by atoms with Crippen molar-refractivity contribution in [1.82, 2.24) is 9.97 Å². The number of nitrogens with zero attached hydrogens (tertiary/aromatic N) is 2. The van der Waals surface area contributed by atoms with Gasteiger partial charge in [-0.3, -0.25) is 0 Å². The SMILES string of the molecule is CC(C)c1nc(Cc2cccc(Cl)c2)ncc1CBr. The fourth-order valence-electron chi connectivity index (χ4n) is 1.98. The van der Waals surface area contributed by atoms with Gasteiger partial charge in [0.2, 0.25) is 0 Å². The molecule has 0 amide bonds. The van der Waals surface area contributed by atoms with Gasteiger partial charge in [0.1, 0.15) is 5.82 Å². The summed E-state index contributed by atoms with van der Waals surface area (Å²) < 4.78 is 0. The molecule has 0 aliphatic carbocycles. The highest BCUT2D eigenvalue weighted by Crippen LogP contribution is 2.20. The van der Waals surface area contributed by atoms with Crippen LogP contribution >= 0.6 is 27.5 Å². The predicted octanol–water partition coefficient (Wildman–Crippen LogP) is 4.74. The van der Waals surface area contributed by atoms with Crippen molar-refractivity contribution in [2.45, 2.75) is 31.5 Å². The van der Waals surface area contributed by atoms with E-state index in [4.69, 9.17) is 11.6 Å². The molecule has 100 valence electrons. The molecule has 0 saturated heterocycles. The summed E-state index contributed by atoms with van der Waals surface area (Å²) in [6, 6.07) is 7.83. The van der Waals surface area contributed by atoms with E-state index in [1.807, 2.05) is 30.5 Å². The summed E-state index contributed by atoms with van der Waals surface area (Å²) in [5, 5.41) is 1.54. The van der Waals surface area contributed by atoms with E-state index in [1.54, 1.807) is 0 Å². The highest BCUT2D eigenvalue weighted by Gasteiger charge is 2.10. The van der Waals surface area contributed by atoms with Crippen LogP contribution in [0, 0.1) is 0 Å². The second-order valence-electron chi connectivity index (χ2n) is 4.79. The van der Waals surface area contributed by atoms with Gasteiger partial charge in [0.25, 0.3) is 0 Å². The van der Waals surface area contributed by atoms with E-state index in [0.29, 0.717) is 12.3 Å². The topological polar surface area (TPSA) is 25.8 Å². The minimum Gasteiger partial charge on any atom is -0.241 e. The monoisotopic (exact) mass is 338 g/mol. The fourth-order valence-corrected chi connectivity index (χ4v) is 2.62. The predicted molar refractivity (Wildman–Crippen MR) is 83.0 cm³/mol. The Bertz CT molecular complexity index is 570. The summed E-state index contributed by atoms with van der Waals surface area (Å²) in [6.07, 6.45) is 2.62. The molecule has 0 unspecified atom stereocenters. The molecule has 0 spiro atoms. The maximum atomic E-state index is 5.99. The Kier molecular flexibility index (Phi) is 4.94. The van der Waals surface area contributed by atoms with Crippen LogP contribution in [0.5, 0.6) is 0 Å². The molecule has 1 aromatic carbocycles. The van der Waals surface area contributed by atoms with Gasteiger partial charge in [-0.1, -0.05) is 53.5 Å². The summed E-state index contributed by atoms with van der Waals surface area (Å²) in [4.78, 5) is 9.12. The van der Waals surface area contributed by atoms with Crippen LogP contribution in [0.3, 0.4) is 0 Å². The zero-order valence-corrected chi connectivity index (χ0v) is 13.4. The van der Waals surface area contributed by atoms with E-state index < -0.39 is 0 Å². The third kappa shape index (κ3) is 3.77. The fraction of sp³-hybridized carbons (Fsp3) is 0.333. The first-order valence-electron chi connectivity index (χ1n) is 6.25. The second kappa shape index (κ2) is 6.49. The molecule has 0 atom stereocenters. The van der Waals surface area contributed by atoms with Crippen molar-refractivity contribution in [2.75, 3.05) is 0 Å². The number of benzene rings is 1. The van der Waals surface area contributed by atoms with Gasteiger partial charge >= 0.3 is 0 Å². The number of hydrogen-bond acceptors (Lipinski definition) is 2. The molecule has 0 fully saturated rings. The van der Waals surface area contributed by atoms with Crippen molar-refractivity contribution in [1.29, 1.82) is 0 Å². The lowest BCUT2D eigenvalue weighted by molar-refractivity contribution is 0.777. The van der Waals surface area contributed by atoms with E-state index in [1.165, 1.54) is 0 Å². The minimum atomic E-state index is 0.397. The van der Waals surface area contributed by atoms with Gasteiger partial charge in [0.05, 0.1) is 5.69 Å². The molecule has 19 heavy (non-hydrogen) atoms. The Balaban J connectivity index is 2.28. The molecule has 2 aromatic rings. The highest BCUT2D eigenvalue weighted by molar-refractivity contribution is 9.08. The van der Waals surface area contributed by atoms with Crippen molar-refractivity contribution in [3.05, 3.63) is 58.1 Å². The molecular formula is C15H16BrClN2. The molecule has 0 saturated carbocycles. The minimum absolute atomic E-state index is 0.397. The molecule has 0 N–H and O–H groups in total. The number of hydrogen-bond donors (Lipinski definition) is 0. The van der Waals surface area contributed by atoms with Gasteiger partial charge in [0, 0.05) is 28.5 Å². The first-order chi connectivity index (χ1) is 9.10. The van der Waals surface area contributed by atoms with Crippen molar-refractivity contribution >= 4 is 27.5 Å². The Labute approximate surface area is 127 Å². The van der Waals surface area contributed by atoms with E-state index in [-0.39, 0.29) is 0 Å². The first kappa shape index (κ1) is 14.5. The molecule has 1 aromatic heterocycles. The van der Waals surface area contributed by atoms with Crippen LogP contribution in [0.15, 0.2) is 30.5 Å². The van der Waals surface area contributed by atoms with Crippen LogP contribution in [-0.2, 0) is 11.8 Å². The molecule has 2 rings (SSSR count). The van der Waals surface area contributed by atoms with Crippen molar-refractivity contribution in [3.8, 4) is 0 Å². The Morgan fingerprint density at radius 1 is 1.32 bits per heavy atom. The van der Waals surface area contributed by atoms with Crippen LogP contribution in [0.25, 0.3) is 0 Å². The van der Waals surface area contributed by atoms with Crippen LogP contribution in [-0.4, -0.2) is 9.97 Å². The van der Waals surface area contributed by atoms with Gasteiger partial charge in [-0.05, 0) is 23.6 Å². The zero-order chi connectivity index (χ0) is 13.8. The van der Waals surface area contributed by atoms with Crippen LogP contribution in [0.2, 0.25) is 5.02 Å². The summed E-state index contributed by atoms with van der Waals surface area (Å²) >= 11 is 9.47. The van der Waals surface area contributed by atoms with Gasteiger partial charge in [-0.25, -0.2) is 9.97 Å². The van der Waals surface area contributed by atoms with E-state index >= 15 is 0 Å². The van der Waals surface area contributed by atoms with E-state index in [9.17, 15) is 0 Å². The van der Waals surface area contributed by atoms with Gasteiger partial charge in [-0.15, -0.1) is 0 Å². The first-order valence-corrected chi connectivity index (χ1v) is 7.75. The summed E-state index contributed by atoms with van der Waals surface area (Å²) in [7, 11) is 0. The standard InChI is InChI=1S/C15H16BrClN2/c1-10(2)15-12(8-16)9-18-14(19-15)7-11-4-3-5-13(17)6-11/h3-6,9-10H,7-8H2,1-2H3. The van der Waals surface area contributed by atoms with Crippen molar-refractivity contribution < 1.29 is 0 Å². The lowest BCUT2D eigenvalue weighted by Gasteiger charge is -2.11. The highest BCUT2D eigenvalue weighted by atomic mass is 79.9. The van der Waals surface area contributed by atoms with E-state index in [0.717, 1.165) is 33.0 Å². The molecule has 2 nitrogen and oxygen atoms in total. The van der Waals surface area contributed by atoms with Crippen LogP contribution in [0.4, 0.5) is 0 Å². The number of alkyl halides is 1. The Morgan fingerprint density at radius 2 is 2.11 bits per heavy atom. The molecular weight excluding hydrogens is 324 g/mol. The average molecular weight is 340 g/mol. The Hall–Kier alpha value is -0.930. The zero-order valence-electron chi connectivity index (χ0n) is 11.0. The third-order valence-electron chi connectivity index (χ3n) is 2.89. The quantitative estimate of drug-likeness (QED) is 0.752. The number of rotatable bonds is 4. The van der Waals surface area contributed by atoms with Gasteiger partial charge in [-0.2, -0.15) is 0 Å². The van der Waals surface area contributed by atoms with Gasteiger partial charge in [0.15, 0.2) is 0 Å². The van der Waals surface area contributed by atoms with Crippen LogP contribution in [0.1, 0.15) is 42.4 Å². The van der Waals surface area contributed by atoms with Crippen molar-refractivity contribution in [2.24, 2.45) is 0 Å². The largest absolute Gasteiger partial charge is 0.241 e. The summed E-state index contributed by atoms with van der Waals surface area (Å²) in [5.74, 6) is 1.24. The Morgan fingerprint density at radius 3 is 2.74 bits per heavy atom. The third-order valence-corrected chi connectivity index (χ3v) is 3.73.